The summed E-state index contributed by atoms with van der Waals surface area (Å²) in [5, 5.41) is 18.3. The van der Waals surface area contributed by atoms with E-state index >= 15 is 0 Å². The van der Waals surface area contributed by atoms with Crippen molar-refractivity contribution in [2.75, 3.05) is 5.73 Å². The third-order valence-electron chi connectivity index (χ3n) is 5.01. The molecule has 3 aromatic heterocycles. The Kier molecular flexibility index (Phi) is 5.93. The zero-order chi connectivity index (χ0) is 22.8. The maximum atomic E-state index is 6.50. The summed E-state index contributed by atoms with van der Waals surface area (Å²) < 4.78 is 7.73. The first kappa shape index (κ1) is 21.4. The highest BCUT2D eigenvalue weighted by atomic mass is 35.5. The number of allylic oxidation sites excluding steroid dienone is 4. The van der Waals surface area contributed by atoms with Gasteiger partial charge in [-0.05, 0) is 24.5 Å². The van der Waals surface area contributed by atoms with Gasteiger partial charge in [-0.25, -0.2) is 9.97 Å². The molecule has 166 valence electrons. The van der Waals surface area contributed by atoms with E-state index in [0.717, 1.165) is 17.7 Å². The van der Waals surface area contributed by atoms with E-state index < -0.39 is 0 Å². The molecule has 0 amide bonds. The number of hydrogen-bond acceptors (Lipinski definition) is 9. The molecule has 1 atom stereocenters. The molecule has 5 rings (SSSR count). The molecule has 0 bridgehead atoms. The molecule has 0 saturated heterocycles. The summed E-state index contributed by atoms with van der Waals surface area (Å²) in [6.07, 6.45) is 10.4. The lowest BCUT2D eigenvalue weighted by Gasteiger charge is -2.11. The minimum absolute atomic E-state index is 0.182. The van der Waals surface area contributed by atoms with Crippen LogP contribution in [0, 0.1) is 5.92 Å². The summed E-state index contributed by atoms with van der Waals surface area (Å²) in [5.41, 5.74) is 7.98. The molecule has 0 radical (unpaired) electrons. The second-order valence-corrected chi connectivity index (χ2v) is 8.79. The molecule has 2 N–H and O–H groups in total. The number of thioether (sulfide) groups is 1. The molecular formula is C22H19ClN8OS. The number of anilines is 1. The molecule has 0 spiro atoms. The fraction of sp³-hybridized carbons (Fsp3) is 0.182. The van der Waals surface area contributed by atoms with Crippen molar-refractivity contribution in [3.05, 3.63) is 71.7 Å². The second kappa shape index (κ2) is 9.16. The lowest BCUT2D eigenvalue weighted by atomic mass is 9.99. The van der Waals surface area contributed by atoms with Crippen molar-refractivity contribution in [3.63, 3.8) is 0 Å². The number of rotatable bonds is 6. The standard InChI is InChI=1S/C22H19ClN8OS/c1-13-6-8-14(9-7-13)20-29-27-18(32-20)12-33-22-30-28-19(15-10-25-21(24)26-11-15)31(22)17-5-3-2-4-16(17)23/h2-6,8-11,13H,7,12H2,1H3,(H2,24,25,26). The molecule has 3 heterocycles. The Morgan fingerprint density at radius 2 is 1.97 bits per heavy atom. The first-order chi connectivity index (χ1) is 16.1. The van der Waals surface area contributed by atoms with Crippen molar-refractivity contribution in [1.29, 1.82) is 0 Å². The van der Waals surface area contributed by atoms with Gasteiger partial charge in [-0.1, -0.05) is 60.6 Å². The van der Waals surface area contributed by atoms with Crippen LogP contribution in [0.15, 0.2) is 64.5 Å². The molecule has 0 saturated carbocycles. The fourth-order valence-corrected chi connectivity index (χ4v) is 4.30. The highest BCUT2D eigenvalue weighted by molar-refractivity contribution is 7.98. The van der Waals surface area contributed by atoms with E-state index in [9.17, 15) is 0 Å². The predicted octanol–water partition coefficient (Wildman–Crippen LogP) is 4.61. The molecule has 1 aliphatic carbocycles. The number of halogens is 1. The van der Waals surface area contributed by atoms with E-state index in [1.807, 2.05) is 34.9 Å². The van der Waals surface area contributed by atoms with E-state index in [-0.39, 0.29) is 5.95 Å². The first-order valence-electron chi connectivity index (χ1n) is 10.2. The number of nitrogen functional groups attached to an aromatic ring is 1. The van der Waals surface area contributed by atoms with E-state index in [0.29, 0.717) is 45.0 Å². The van der Waals surface area contributed by atoms with Crippen LogP contribution in [-0.2, 0) is 5.75 Å². The Hall–Kier alpha value is -3.50. The lowest BCUT2D eigenvalue weighted by Crippen LogP contribution is -2.02. The summed E-state index contributed by atoms with van der Waals surface area (Å²) in [6.45, 7) is 2.17. The summed E-state index contributed by atoms with van der Waals surface area (Å²) in [7, 11) is 0. The number of nitrogens with zero attached hydrogens (tertiary/aromatic N) is 7. The maximum Gasteiger partial charge on any atom is 0.247 e. The predicted molar refractivity (Wildman–Crippen MR) is 127 cm³/mol. The Balaban J connectivity index is 1.44. The zero-order valence-electron chi connectivity index (χ0n) is 17.6. The largest absolute Gasteiger partial charge is 0.420 e. The van der Waals surface area contributed by atoms with Gasteiger partial charge in [0.2, 0.25) is 17.7 Å². The maximum absolute atomic E-state index is 6.50. The van der Waals surface area contributed by atoms with Crippen molar-refractivity contribution in [2.45, 2.75) is 24.3 Å². The van der Waals surface area contributed by atoms with Crippen LogP contribution in [0.1, 0.15) is 25.1 Å². The quantitative estimate of drug-likeness (QED) is 0.395. The minimum atomic E-state index is 0.182. The van der Waals surface area contributed by atoms with E-state index in [1.165, 1.54) is 11.8 Å². The molecule has 0 aliphatic heterocycles. The third-order valence-corrected chi connectivity index (χ3v) is 6.24. The SMILES string of the molecule is CC1C=CC(c2nnc(CSc3nnc(-c4cnc(N)nc4)n3-c3ccccc3Cl)o2)=CC1. The van der Waals surface area contributed by atoms with E-state index in [2.05, 4.69) is 49.4 Å². The normalized spacial score (nSPS) is 15.6. The summed E-state index contributed by atoms with van der Waals surface area (Å²) in [4.78, 5) is 8.14. The number of para-hydroxylation sites is 1. The summed E-state index contributed by atoms with van der Waals surface area (Å²) >= 11 is 7.91. The fourth-order valence-electron chi connectivity index (χ4n) is 3.30. The van der Waals surface area contributed by atoms with Crippen LogP contribution in [0.3, 0.4) is 0 Å². The van der Waals surface area contributed by atoms with Gasteiger partial charge in [0.25, 0.3) is 0 Å². The van der Waals surface area contributed by atoms with Crippen molar-refractivity contribution >= 4 is 34.9 Å². The molecule has 1 unspecified atom stereocenters. The summed E-state index contributed by atoms with van der Waals surface area (Å²) in [6, 6.07) is 7.47. The van der Waals surface area contributed by atoms with Crippen molar-refractivity contribution in [1.82, 2.24) is 34.9 Å². The van der Waals surface area contributed by atoms with Gasteiger partial charge in [-0.3, -0.25) is 4.57 Å². The lowest BCUT2D eigenvalue weighted by molar-refractivity contribution is 0.502. The van der Waals surface area contributed by atoms with Crippen molar-refractivity contribution < 1.29 is 4.42 Å². The molecule has 33 heavy (non-hydrogen) atoms. The van der Waals surface area contributed by atoms with Crippen LogP contribution in [0.25, 0.3) is 22.6 Å². The Morgan fingerprint density at radius 1 is 1.15 bits per heavy atom. The molecule has 1 aromatic carbocycles. The monoisotopic (exact) mass is 478 g/mol. The topological polar surface area (TPSA) is 121 Å². The molecular weight excluding hydrogens is 460 g/mol. The van der Waals surface area contributed by atoms with Gasteiger partial charge in [0, 0.05) is 18.0 Å². The van der Waals surface area contributed by atoms with E-state index in [4.69, 9.17) is 21.8 Å². The second-order valence-electron chi connectivity index (χ2n) is 7.44. The van der Waals surface area contributed by atoms with Gasteiger partial charge in [0.05, 0.1) is 22.0 Å². The van der Waals surface area contributed by atoms with Crippen LogP contribution in [-0.4, -0.2) is 34.9 Å². The molecule has 1 aliphatic rings. The van der Waals surface area contributed by atoms with Crippen LogP contribution in [0.2, 0.25) is 5.02 Å². The molecule has 4 aromatic rings. The molecule has 9 nitrogen and oxygen atoms in total. The highest BCUT2D eigenvalue weighted by Crippen LogP contribution is 2.32. The number of nitrogens with two attached hydrogens (primary N) is 1. The van der Waals surface area contributed by atoms with Gasteiger partial charge >= 0.3 is 0 Å². The van der Waals surface area contributed by atoms with Crippen LogP contribution in [0.5, 0.6) is 0 Å². The zero-order valence-corrected chi connectivity index (χ0v) is 19.2. The Morgan fingerprint density at radius 3 is 2.73 bits per heavy atom. The number of hydrogen-bond donors (Lipinski definition) is 1. The van der Waals surface area contributed by atoms with Gasteiger partial charge in [0.15, 0.2) is 11.0 Å². The van der Waals surface area contributed by atoms with Gasteiger partial charge in [-0.15, -0.1) is 20.4 Å². The molecule has 11 heteroatoms. The average molecular weight is 479 g/mol. The Bertz CT molecular complexity index is 1340. The van der Waals surface area contributed by atoms with Crippen LogP contribution < -0.4 is 5.73 Å². The van der Waals surface area contributed by atoms with E-state index in [1.54, 1.807) is 12.4 Å². The first-order valence-corrected chi connectivity index (χ1v) is 11.6. The van der Waals surface area contributed by atoms with Gasteiger partial charge in [-0.2, -0.15) is 0 Å². The minimum Gasteiger partial charge on any atom is -0.420 e. The van der Waals surface area contributed by atoms with Gasteiger partial charge < -0.3 is 10.2 Å². The van der Waals surface area contributed by atoms with Gasteiger partial charge in [0.1, 0.15) is 0 Å². The van der Waals surface area contributed by atoms with Crippen LogP contribution in [0.4, 0.5) is 5.95 Å². The Labute approximate surface area is 198 Å². The average Bonchev–Trinajstić information content (AvgIpc) is 3.46. The number of benzene rings is 1. The molecule has 0 fully saturated rings. The summed E-state index contributed by atoms with van der Waals surface area (Å²) in [5.74, 6) is 2.67. The smallest absolute Gasteiger partial charge is 0.247 e. The van der Waals surface area contributed by atoms with Crippen molar-refractivity contribution in [3.8, 4) is 17.1 Å². The number of aromatic nitrogens is 7. The highest BCUT2D eigenvalue weighted by Gasteiger charge is 2.20. The van der Waals surface area contributed by atoms with Crippen LogP contribution >= 0.6 is 23.4 Å². The van der Waals surface area contributed by atoms with Crippen molar-refractivity contribution in [2.24, 2.45) is 5.92 Å². The third kappa shape index (κ3) is 4.53.